The fourth-order valence-electron chi connectivity index (χ4n) is 6.77. The van der Waals surface area contributed by atoms with Crippen molar-refractivity contribution in [3.63, 3.8) is 0 Å². The molecule has 160 valence electrons. The van der Waals surface area contributed by atoms with Crippen LogP contribution in [0.2, 0.25) is 0 Å². The van der Waals surface area contributed by atoms with Gasteiger partial charge in [0.25, 0.3) is 0 Å². The van der Waals surface area contributed by atoms with Crippen molar-refractivity contribution in [1.29, 1.82) is 0 Å². The summed E-state index contributed by atoms with van der Waals surface area (Å²) in [6.07, 6.45) is 12.2. The van der Waals surface area contributed by atoms with Gasteiger partial charge in [-0.1, -0.05) is 113 Å². The second-order valence-electron chi connectivity index (χ2n) is 10.0. The Balaban J connectivity index is 1.69. The molecule has 0 saturated heterocycles. The van der Waals surface area contributed by atoms with E-state index >= 15 is 0 Å². The number of hydrogen-bond donors (Lipinski definition) is 0. The zero-order valence-corrected chi connectivity index (χ0v) is 18.9. The van der Waals surface area contributed by atoms with Crippen LogP contribution >= 0.6 is 0 Å². The first kappa shape index (κ1) is 21.3. The van der Waals surface area contributed by atoms with E-state index < -0.39 is 0 Å². The van der Waals surface area contributed by atoms with Gasteiger partial charge >= 0.3 is 0 Å². The molecule has 1 nitrogen and oxygen atoms in total. The van der Waals surface area contributed by atoms with Crippen LogP contribution in [-0.4, -0.2) is 5.78 Å². The molecule has 0 bridgehead atoms. The largest absolute Gasteiger partial charge is 0.299 e. The number of benzene rings is 2. The lowest BCUT2D eigenvalue weighted by Crippen LogP contribution is -2.47. The van der Waals surface area contributed by atoms with Crippen molar-refractivity contribution in [3.05, 3.63) is 71.8 Å². The minimum Gasteiger partial charge on any atom is -0.299 e. The molecule has 2 aliphatic carbocycles. The van der Waals surface area contributed by atoms with Crippen molar-refractivity contribution in [2.75, 3.05) is 0 Å². The summed E-state index contributed by atoms with van der Waals surface area (Å²) in [5, 5.41) is 0. The Hall–Kier alpha value is -1.89. The summed E-state index contributed by atoms with van der Waals surface area (Å²) >= 11 is 0. The van der Waals surface area contributed by atoms with Gasteiger partial charge in [-0.25, -0.2) is 0 Å². The lowest BCUT2D eigenvalue weighted by molar-refractivity contribution is -0.131. The van der Waals surface area contributed by atoms with E-state index in [1.165, 1.54) is 49.7 Å². The van der Waals surface area contributed by atoms with Crippen LogP contribution in [-0.2, 0) is 15.6 Å². The predicted octanol–water partition coefficient (Wildman–Crippen LogP) is 7.63. The van der Waals surface area contributed by atoms with Crippen LogP contribution in [0.1, 0.15) is 89.2 Å². The average molecular weight is 403 g/mol. The van der Waals surface area contributed by atoms with E-state index in [1.807, 2.05) is 0 Å². The monoisotopic (exact) mass is 402 g/mol. The molecule has 2 fully saturated rings. The van der Waals surface area contributed by atoms with Crippen LogP contribution in [0.25, 0.3) is 0 Å². The van der Waals surface area contributed by atoms with Gasteiger partial charge in [-0.05, 0) is 36.8 Å². The molecule has 4 rings (SSSR count). The Morgan fingerprint density at radius 3 is 1.27 bits per heavy atom. The van der Waals surface area contributed by atoms with Crippen LogP contribution in [0.5, 0.6) is 0 Å². The second kappa shape index (κ2) is 9.08. The van der Waals surface area contributed by atoms with Crippen molar-refractivity contribution in [1.82, 2.24) is 0 Å². The summed E-state index contributed by atoms with van der Waals surface area (Å²) in [6.45, 7) is 4.50. The summed E-state index contributed by atoms with van der Waals surface area (Å²) in [5.41, 5.74) is 2.79. The molecule has 30 heavy (non-hydrogen) atoms. The van der Waals surface area contributed by atoms with Gasteiger partial charge in [0.15, 0.2) is 0 Å². The van der Waals surface area contributed by atoms with Gasteiger partial charge in [0, 0.05) is 22.7 Å². The van der Waals surface area contributed by atoms with Gasteiger partial charge in [-0.2, -0.15) is 0 Å². The third-order valence-corrected chi connectivity index (χ3v) is 8.70. The van der Waals surface area contributed by atoms with Gasteiger partial charge in [-0.15, -0.1) is 0 Å². The molecule has 1 heteroatoms. The van der Waals surface area contributed by atoms with Crippen molar-refractivity contribution in [2.24, 2.45) is 11.8 Å². The number of Topliss-reactive ketones (excluding diaryl/α,β-unsaturated/α-hetero) is 1. The molecule has 0 heterocycles. The number of ketones is 1. The molecule has 2 aromatic rings. The molecule has 0 spiro atoms. The number of hydrogen-bond acceptors (Lipinski definition) is 1. The van der Waals surface area contributed by atoms with Gasteiger partial charge in [0.05, 0.1) is 0 Å². The third-order valence-electron chi connectivity index (χ3n) is 8.70. The van der Waals surface area contributed by atoms with Gasteiger partial charge in [-0.3, -0.25) is 4.79 Å². The predicted molar refractivity (Wildman–Crippen MR) is 126 cm³/mol. The summed E-state index contributed by atoms with van der Waals surface area (Å²) in [4.78, 5) is 14.2. The molecular weight excluding hydrogens is 364 g/mol. The SMILES string of the molecule is CC(C(=O)C(C)C1(c2ccccc2)CCCCC1)C1(c2ccccc2)CCCCC1. The summed E-state index contributed by atoms with van der Waals surface area (Å²) < 4.78 is 0. The average Bonchev–Trinajstić information content (AvgIpc) is 2.84. The fraction of sp³-hybridized carbons (Fsp3) is 0.552. The highest BCUT2D eigenvalue weighted by atomic mass is 16.1. The van der Waals surface area contributed by atoms with Gasteiger partial charge in [0.2, 0.25) is 0 Å². The molecule has 2 aliphatic rings. The Kier molecular flexibility index (Phi) is 6.46. The second-order valence-corrected chi connectivity index (χ2v) is 10.0. The first-order valence-electron chi connectivity index (χ1n) is 12.2. The molecule has 2 atom stereocenters. The highest BCUT2D eigenvalue weighted by Gasteiger charge is 2.48. The molecule has 0 N–H and O–H groups in total. The van der Waals surface area contributed by atoms with Crippen molar-refractivity contribution >= 4 is 5.78 Å². The van der Waals surface area contributed by atoms with E-state index in [1.54, 1.807) is 0 Å². The minimum atomic E-state index is 0.0113. The van der Waals surface area contributed by atoms with Crippen LogP contribution in [0, 0.1) is 11.8 Å². The minimum absolute atomic E-state index is 0.0113. The quantitative estimate of drug-likeness (QED) is 0.485. The van der Waals surface area contributed by atoms with Crippen LogP contribution in [0.3, 0.4) is 0 Å². The first-order valence-corrected chi connectivity index (χ1v) is 12.2. The lowest BCUT2D eigenvalue weighted by Gasteiger charge is -2.47. The lowest BCUT2D eigenvalue weighted by atomic mass is 9.56. The van der Waals surface area contributed by atoms with E-state index in [-0.39, 0.29) is 22.7 Å². The first-order chi connectivity index (χ1) is 14.6. The van der Waals surface area contributed by atoms with Gasteiger partial charge < -0.3 is 0 Å². The molecule has 2 unspecified atom stereocenters. The molecular formula is C29H38O. The van der Waals surface area contributed by atoms with Crippen LogP contribution < -0.4 is 0 Å². The fourth-order valence-corrected chi connectivity index (χ4v) is 6.77. The standard InChI is InChI=1S/C29H38O/c1-23(28(19-11-5-12-20-28)25-15-7-3-8-16-25)27(30)24(2)29(21-13-6-14-22-29)26-17-9-4-10-18-26/h3-4,7-10,15-18,23-24H,5-6,11-14,19-22H2,1-2H3. The smallest absolute Gasteiger partial charge is 0.140 e. The summed E-state index contributed by atoms with van der Waals surface area (Å²) in [5.74, 6) is 0.627. The molecule has 0 amide bonds. The Morgan fingerprint density at radius 2 is 0.933 bits per heavy atom. The van der Waals surface area contributed by atoms with Crippen LogP contribution in [0.15, 0.2) is 60.7 Å². The van der Waals surface area contributed by atoms with E-state index in [2.05, 4.69) is 74.5 Å². The normalized spacial score (nSPS) is 22.7. The third kappa shape index (κ3) is 3.77. The van der Waals surface area contributed by atoms with Crippen LogP contribution in [0.4, 0.5) is 0 Å². The maximum absolute atomic E-state index is 14.2. The Labute approximate surface area is 183 Å². The number of carbonyl (C=O) groups excluding carboxylic acids is 1. The highest BCUT2D eigenvalue weighted by Crippen LogP contribution is 2.50. The van der Waals surface area contributed by atoms with E-state index in [0.29, 0.717) is 5.78 Å². The van der Waals surface area contributed by atoms with Crippen molar-refractivity contribution in [3.8, 4) is 0 Å². The van der Waals surface area contributed by atoms with E-state index in [4.69, 9.17) is 0 Å². The number of carbonyl (C=O) groups is 1. The molecule has 2 aromatic carbocycles. The molecule has 0 aromatic heterocycles. The molecule has 2 saturated carbocycles. The van der Waals surface area contributed by atoms with Gasteiger partial charge in [0.1, 0.15) is 5.78 Å². The zero-order valence-electron chi connectivity index (χ0n) is 18.9. The molecule has 0 radical (unpaired) electrons. The summed E-state index contributed by atoms with van der Waals surface area (Å²) in [7, 11) is 0. The maximum atomic E-state index is 14.2. The zero-order chi connectivity index (χ0) is 21.0. The Bertz CT molecular complexity index is 740. The topological polar surface area (TPSA) is 17.1 Å². The molecule has 0 aliphatic heterocycles. The van der Waals surface area contributed by atoms with Crippen molar-refractivity contribution in [2.45, 2.75) is 88.9 Å². The number of rotatable bonds is 6. The van der Waals surface area contributed by atoms with Crippen molar-refractivity contribution < 1.29 is 4.79 Å². The van der Waals surface area contributed by atoms with E-state index in [9.17, 15) is 4.79 Å². The maximum Gasteiger partial charge on any atom is 0.140 e. The van der Waals surface area contributed by atoms with E-state index in [0.717, 1.165) is 25.7 Å². The summed E-state index contributed by atoms with van der Waals surface area (Å²) in [6, 6.07) is 21.9. The Morgan fingerprint density at radius 1 is 0.600 bits per heavy atom. The highest BCUT2D eigenvalue weighted by molar-refractivity contribution is 5.86.